The second-order valence-electron chi connectivity index (χ2n) is 3.84. The van der Waals surface area contributed by atoms with Gasteiger partial charge in [0, 0.05) is 6.07 Å². The summed E-state index contributed by atoms with van der Waals surface area (Å²) in [4.78, 5) is 7.91. The molecule has 0 aliphatic carbocycles. The molecule has 14 heavy (non-hydrogen) atoms. The molecule has 0 aromatic carbocycles. The minimum atomic E-state index is -1.40. The smallest absolute Gasteiger partial charge is 0.207 e. The van der Waals surface area contributed by atoms with Crippen LogP contribution in [-0.2, 0) is 0 Å². The molecule has 1 aromatic heterocycles. The molecular formula is C9H10Cl2N2Si. The summed E-state index contributed by atoms with van der Waals surface area (Å²) in [6.07, 6.45) is 0. The molecule has 0 bridgehead atoms. The second kappa shape index (κ2) is 4.31. The lowest BCUT2D eigenvalue weighted by Crippen LogP contribution is -2.16. The van der Waals surface area contributed by atoms with E-state index in [0.717, 1.165) is 0 Å². The van der Waals surface area contributed by atoms with Gasteiger partial charge in [-0.15, -0.1) is 5.54 Å². The number of halogens is 2. The third kappa shape index (κ3) is 4.10. The topological polar surface area (TPSA) is 25.8 Å². The van der Waals surface area contributed by atoms with Crippen LogP contribution >= 0.6 is 23.2 Å². The number of nitrogens with zero attached hydrogens (tertiary/aromatic N) is 2. The maximum absolute atomic E-state index is 5.71. The fourth-order valence-corrected chi connectivity index (χ4v) is 1.60. The van der Waals surface area contributed by atoms with Crippen LogP contribution in [0.2, 0.25) is 29.9 Å². The molecule has 0 N–H and O–H groups in total. The fourth-order valence-electron chi connectivity index (χ4n) is 0.689. The summed E-state index contributed by atoms with van der Waals surface area (Å²) in [6.45, 7) is 6.43. The van der Waals surface area contributed by atoms with Crippen LogP contribution in [-0.4, -0.2) is 18.0 Å². The summed E-state index contributed by atoms with van der Waals surface area (Å²) in [7, 11) is -1.40. The molecule has 1 aromatic rings. The van der Waals surface area contributed by atoms with Crippen molar-refractivity contribution in [2.45, 2.75) is 19.6 Å². The summed E-state index contributed by atoms with van der Waals surface area (Å²) in [5.41, 5.74) is 3.14. The van der Waals surface area contributed by atoms with Crippen molar-refractivity contribution in [1.29, 1.82) is 0 Å². The number of hydrogen-bond acceptors (Lipinski definition) is 2. The fraction of sp³-hybridized carbons (Fsp3) is 0.333. The van der Waals surface area contributed by atoms with Crippen molar-refractivity contribution in [2.24, 2.45) is 0 Å². The van der Waals surface area contributed by atoms with Crippen molar-refractivity contribution in [3.05, 3.63) is 22.2 Å². The van der Waals surface area contributed by atoms with Crippen LogP contribution in [0.25, 0.3) is 0 Å². The molecule has 1 rings (SSSR count). The summed E-state index contributed by atoms with van der Waals surface area (Å²) >= 11 is 11.4. The molecule has 0 unspecified atom stereocenters. The van der Waals surface area contributed by atoms with Crippen LogP contribution in [0.3, 0.4) is 0 Å². The van der Waals surface area contributed by atoms with Gasteiger partial charge in [0.15, 0.2) is 0 Å². The van der Waals surface area contributed by atoms with Gasteiger partial charge in [-0.2, -0.15) is 0 Å². The van der Waals surface area contributed by atoms with Crippen LogP contribution < -0.4 is 0 Å². The summed E-state index contributed by atoms with van der Waals surface area (Å²) in [5.74, 6) is 3.28. The zero-order valence-electron chi connectivity index (χ0n) is 8.23. The van der Waals surface area contributed by atoms with Crippen LogP contribution in [0.15, 0.2) is 6.07 Å². The maximum Gasteiger partial charge on any atom is 0.207 e. The Bertz CT molecular complexity index is 381. The normalized spacial score (nSPS) is 10.6. The summed E-state index contributed by atoms with van der Waals surface area (Å²) in [5, 5.41) is 0.648. The molecule has 0 spiro atoms. The highest BCUT2D eigenvalue weighted by molar-refractivity contribution is 6.83. The van der Waals surface area contributed by atoms with Crippen LogP contribution in [0, 0.1) is 11.5 Å². The van der Waals surface area contributed by atoms with E-state index in [1.807, 2.05) is 0 Å². The zero-order valence-corrected chi connectivity index (χ0v) is 10.7. The summed E-state index contributed by atoms with van der Waals surface area (Å²) in [6, 6.07) is 1.49. The van der Waals surface area contributed by atoms with Gasteiger partial charge >= 0.3 is 0 Å². The predicted octanol–water partition coefficient (Wildman–Crippen LogP) is 3.01. The Morgan fingerprint density at radius 3 is 2.07 bits per heavy atom. The Kier molecular flexibility index (Phi) is 3.54. The van der Waals surface area contributed by atoms with Crippen molar-refractivity contribution in [2.75, 3.05) is 0 Å². The van der Waals surface area contributed by atoms with Gasteiger partial charge in [-0.1, -0.05) is 42.8 Å². The van der Waals surface area contributed by atoms with Crippen LogP contribution in [0.4, 0.5) is 0 Å². The first-order valence-corrected chi connectivity index (χ1v) is 8.36. The van der Waals surface area contributed by atoms with Gasteiger partial charge in [0.05, 0.1) is 0 Å². The lowest BCUT2D eigenvalue weighted by atomic mass is 10.6. The Morgan fingerprint density at radius 2 is 1.64 bits per heavy atom. The average Bonchev–Trinajstić information content (AvgIpc) is 1.97. The third-order valence-electron chi connectivity index (χ3n) is 1.21. The highest BCUT2D eigenvalue weighted by Gasteiger charge is 2.08. The molecule has 0 saturated carbocycles. The van der Waals surface area contributed by atoms with E-state index in [1.54, 1.807) is 0 Å². The van der Waals surface area contributed by atoms with Crippen molar-refractivity contribution < 1.29 is 0 Å². The molecule has 0 aliphatic rings. The molecule has 74 valence electrons. The van der Waals surface area contributed by atoms with E-state index in [9.17, 15) is 0 Å². The molecule has 2 nitrogen and oxygen atoms in total. The third-order valence-corrected chi connectivity index (χ3v) is 2.48. The second-order valence-corrected chi connectivity index (χ2v) is 9.36. The molecule has 0 atom stereocenters. The van der Waals surface area contributed by atoms with Crippen molar-refractivity contribution in [1.82, 2.24) is 9.97 Å². The first-order valence-electron chi connectivity index (χ1n) is 4.10. The molecular weight excluding hydrogens is 235 g/mol. The monoisotopic (exact) mass is 244 g/mol. The van der Waals surface area contributed by atoms with Gasteiger partial charge in [-0.3, -0.25) is 0 Å². The lowest BCUT2D eigenvalue weighted by Gasteiger charge is -2.02. The van der Waals surface area contributed by atoms with Crippen molar-refractivity contribution in [3.63, 3.8) is 0 Å². The molecule has 0 amide bonds. The van der Waals surface area contributed by atoms with Crippen LogP contribution in [0.1, 0.15) is 5.82 Å². The molecule has 1 heterocycles. The van der Waals surface area contributed by atoms with Gasteiger partial charge in [0.2, 0.25) is 5.82 Å². The van der Waals surface area contributed by atoms with Crippen molar-refractivity contribution in [3.8, 4) is 11.5 Å². The van der Waals surface area contributed by atoms with E-state index in [2.05, 4.69) is 41.1 Å². The van der Waals surface area contributed by atoms with Gasteiger partial charge in [-0.25, -0.2) is 9.97 Å². The number of rotatable bonds is 0. The quantitative estimate of drug-likeness (QED) is 0.399. The van der Waals surface area contributed by atoms with E-state index >= 15 is 0 Å². The van der Waals surface area contributed by atoms with Gasteiger partial charge < -0.3 is 0 Å². The van der Waals surface area contributed by atoms with Crippen LogP contribution in [0.5, 0.6) is 0 Å². The number of hydrogen-bond donors (Lipinski definition) is 0. The molecule has 0 saturated heterocycles. The van der Waals surface area contributed by atoms with Gasteiger partial charge in [0.25, 0.3) is 0 Å². The SMILES string of the molecule is C[Si](C)(C)C#Cc1nc(Cl)cc(Cl)n1. The highest BCUT2D eigenvalue weighted by Crippen LogP contribution is 2.11. The Morgan fingerprint density at radius 1 is 1.14 bits per heavy atom. The van der Waals surface area contributed by atoms with Gasteiger partial charge in [0.1, 0.15) is 18.4 Å². The van der Waals surface area contributed by atoms with E-state index in [1.165, 1.54) is 6.07 Å². The minimum absolute atomic E-state index is 0.324. The zero-order chi connectivity index (χ0) is 10.8. The molecule has 0 fully saturated rings. The first-order chi connectivity index (χ1) is 6.37. The average molecular weight is 245 g/mol. The van der Waals surface area contributed by atoms with E-state index in [0.29, 0.717) is 16.1 Å². The van der Waals surface area contributed by atoms with E-state index in [-0.39, 0.29) is 0 Å². The lowest BCUT2D eigenvalue weighted by molar-refractivity contribution is 1.13. The highest BCUT2D eigenvalue weighted by atomic mass is 35.5. The number of aromatic nitrogens is 2. The first kappa shape index (κ1) is 11.5. The molecule has 5 heteroatoms. The Labute approximate surface area is 94.7 Å². The summed E-state index contributed by atoms with van der Waals surface area (Å²) < 4.78 is 0. The maximum atomic E-state index is 5.71. The van der Waals surface area contributed by atoms with E-state index in [4.69, 9.17) is 23.2 Å². The molecule has 0 aliphatic heterocycles. The van der Waals surface area contributed by atoms with Crippen molar-refractivity contribution >= 4 is 31.3 Å². The van der Waals surface area contributed by atoms with E-state index < -0.39 is 8.07 Å². The minimum Gasteiger partial charge on any atom is -0.209 e. The standard InChI is InChI=1S/C9H10Cl2N2Si/c1-14(2,3)5-4-9-12-7(10)6-8(11)13-9/h6H,1-3H3. The molecule has 0 radical (unpaired) electrons. The predicted molar refractivity (Wildman–Crippen MR) is 62.3 cm³/mol. The largest absolute Gasteiger partial charge is 0.209 e. The Balaban J connectivity index is 3.02. The Hall–Kier alpha value is -0.563. The van der Waals surface area contributed by atoms with Gasteiger partial charge in [-0.05, 0) is 5.92 Å².